The van der Waals surface area contributed by atoms with Gasteiger partial charge in [0.05, 0.1) is 5.69 Å². The first-order valence-electron chi connectivity index (χ1n) is 5.07. The van der Waals surface area contributed by atoms with Crippen molar-refractivity contribution in [3.05, 3.63) is 51.3 Å². The molecular formula is C12H7BrClNO4. The van der Waals surface area contributed by atoms with Gasteiger partial charge in [0.2, 0.25) is 5.76 Å². The summed E-state index contributed by atoms with van der Waals surface area (Å²) >= 11 is 9.08. The van der Waals surface area contributed by atoms with Crippen LogP contribution in [0.4, 0.5) is 5.69 Å². The largest absolute Gasteiger partial charge is 0.475 e. The number of carbonyl (C=O) groups excluding carboxylic acids is 1. The molecule has 0 fully saturated rings. The SMILES string of the molecule is O=C(O)c1ccc(C(=O)Nc2cc(Cl)ccc2Br)o1. The normalized spacial score (nSPS) is 10.2. The highest BCUT2D eigenvalue weighted by Crippen LogP contribution is 2.26. The summed E-state index contributed by atoms with van der Waals surface area (Å²) in [6.07, 6.45) is 0. The molecule has 1 aromatic heterocycles. The molecule has 1 heterocycles. The number of rotatable bonds is 3. The van der Waals surface area contributed by atoms with Crippen molar-refractivity contribution in [3.63, 3.8) is 0 Å². The molecule has 19 heavy (non-hydrogen) atoms. The lowest BCUT2D eigenvalue weighted by molar-refractivity contribution is 0.0660. The Balaban J connectivity index is 2.20. The van der Waals surface area contributed by atoms with Gasteiger partial charge in [-0.2, -0.15) is 0 Å². The molecule has 98 valence electrons. The number of carboxylic acid groups (broad SMARTS) is 1. The van der Waals surface area contributed by atoms with Gasteiger partial charge in [-0.25, -0.2) is 4.79 Å². The first kappa shape index (κ1) is 13.6. The molecule has 0 aliphatic heterocycles. The van der Waals surface area contributed by atoms with Crippen LogP contribution in [0.1, 0.15) is 21.1 Å². The summed E-state index contributed by atoms with van der Waals surface area (Å²) in [5.74, 6) is -2.18. The number of hydrogen-bond acceptors (Lipinski definition) is 3. The molecule has 0 saturated heterocycles. The van der Waals surface area contributed by atoms with Crippen LogP contribution in [0.15, 0.2) is 39.2 Å². The molecule has 0 radical (unpaired) electrons. The van der Waals surface area contributed by atoms with Crippen LogP contribution in [0.2, 0.25) is 5.02 Å². The van der Waals surface area contributed by atoms with E-state index in [4.69, 9.17) is 21.1 Å². The Morgan fingerprint density at radius 3 is 2.53 bits per heavy atom. The predicted octanol–water partition coefficient (Wildman–Crippen LogP) is 3.65. The van der Waals surface area contributed by atoms with Crippen LogP contribution in [0, 0.1) is 0 Å². The molecule has 1 aromatic carbocycles. The third-order valence-corrected chi connectivity index (χ3v) is 3.14. The monoisotopic (exact) mass is 343 g/mol. The van der Waals surface area contributed by atoms with Gasteiger partial charge >= 0.3 is 5.97 Å². The van der Waals surface area contributed by atoms with Crippen molar-refractivity contribution in [1.29, 1.82) is 0 Å². The summed E-state index contributed by atoms with van der Waals surface area (Å²) in [4.78, 5) is 22.5. The second kappa shape index (κ2) is 5.46. The van der Waals surface area contributed by atoms with Gasteiger partial charge in [-0.15, -0.1) is 0 Å². The number of anilines is 1. The second-order valence-electron chi connectivity index (χ2n) is 3.55. The van der Waals surface area contributed by atoms with E-state index >= 15 is 0 Å². The average molecular weight is 345 g/mol. The highest BCUT2D eigenvalue weighted by atomic mass is 79.9. The van der Waals surface area contributed by atoms with Crippen molar-refractivity contribution in [3.8, 4) is 0 Å². The molecule has 0 aliphatic rings. The van der Waals surface area contributed by atoms with E-state index in [1.165, 1.54) is 12.1 Å². The van der Waals surface area contributed by atoms with E-state index in [0.29, 0.717) is 15.2 Å². The lowest BCUT2D eigenvalue weighted by Crippen LogP contribution is -2.11. The molecule has 2 N–H and O–H groups in total. The van der Waals surface area contributed by atoms with Crippen molar-refractivity contribution in [2.75, 3.05) is 5.32 Å². The molecule has 0 saturated carbocycles. The van der Waals surface area contributed by atoms with Crippen LogP contribution in [-0.2, 0) is 0 Å². The molecule has 0 unspecified atom stereocenters. The Labute approximate surface area is 121 Å². The maximum absolute atomic E-state index is 11.9. The number of amides is 1. The molecular weight excluding hydrogens is 337 g/mol. The maximum atomic E-state index is 11.9. The lowest BCUT2D eigenvalue weighted by Gasteiger charge is -2.06. The minimum absolute atomic E-state index is 0.0933. The maximum Gasteiger partial charge on any atom is 0.371 e. The molecule has 0 spiro atoms. The van der Waals surface area contributed by atoms with Crippen LogP contribution < -0.4 is 5.32 Å². The summed E-state index contributed by atoms with van der Waals surface area (Å²) < 4.78 is 5.54. The molecule has 7 heteroatoms. The number of aromatic carboxylic acids is 1. The molecule has 5 nitrogen and oxygen atoms in total. The minimum atomic E-state index is -1.23. The summed E-state index contributed by atoms with van der Waals surface area (Å²) in [6, 6.07) is 7.41. The van der Waals surface area contributed by atoms with E-state index in [2.05, 4.69) is 21.2 Å². The standard InChI is InChI=1S/C12H7BrClNO4/c13-7-2-1-6(14)5-8(7)15-11(16)9-3-4-10(19-9)12(17)18/h1-5H,(H,15,16)(H,17,18). The van der Waals surface area contributed by atoms with E-state index < -0.39 is 11.9 Å². The van der Waals surface area contributed by atoms with Crippen molar-refractivity contribution < 1.29 is 19.1 Å². The Bertz CT molecular complexity index is 653. The van der Waals surface area contributed by atoms with Crippen molar-refractivity contribution in [1.82, 2.24) is 0 Å². The van der Waals surface area contributed by atoms with E-state index in [-0.39, 0.29) is 11.5 Å². The van der Waals surface area contributed by atoms with E-state index in [1.54, 1.807) is 18.2 Å². The first-order valence-corrected chi connectivity index (χ1v) is 6.24. The summed E-state index contributed by atoms with van der Waals surface area (Å²) in [5, 5.41) is 11.7. The van der Waals surface area contributed by atoms with Gasteiger partial charge < -0.3 is 14.8 Å². The molecule has 1 amide bonds. The number of carboxylic acids is 1. The van der Waals surface area contributed by atoms with Gasteiger partial charge in [0, 0.05) is 9.50 Å². The first-order chi connectivity index (χ1) is 8.97. The number of halogens is 2. The number of furan rings is 1. The van der Waals surface area contributed by atoms with Gasteiger partial charge in [0.1, 0.15) is 0 Å². The fraction of sp³-hybridized carbons (Fsp3) is 0. The van der Waals surface area contributed by atoms with E-state index in [0.717, 1.165) is 0 Å². The Kier molecular flexibility index (Phi) is 3.92. The van der Waals surface area contributed by atoms with Gasteiger partial charge in [-0.05, 0) is 46.3 Å². The van der Waals surface area contributed by atoms with Crippen LogP contribution >= 0.6 is 27.5 Å². The van der Waals surface area contributed by atoms with Crippen LogP contribution in [-0.4, -0.2) is 17.0 Å². The summed E-state index contributed by atoms with van der Waals surface area (Å²) in [5.41, 5.74) is 0.464. The van der Waals surface area contributed by atoms with Gasteiger partial charge in [0.15, 0.2) is 5.76 Å². The van der Waals surface area contributed by atoms with Gasteiger partial charge in [-0.3, -0.25) is 4.79 Å². The van der Waals surface area contributed by atoms with Crippen LogP contribution in [0.3, 0.4) is 0 Å². The highest BCUT2D eigenvalue weighted by Gasteiger charge is 2.15. The third kappa shape index (κ3) is 3.15. The molecule has 0 atom stereocenters. The topological polar surface area (TPSA) is 79.5 Å². The van der Waals surface area contributed by atoms with Crippen molar-refractivity contribution in [2.24, 2.45) is 0 Å². The minimum Gasteiger partial charge on any atom is -0.475 e. The zero-order valence-corrected chi connectivity index (χ0v) is 11.7. The average Bonchev–Trinajstić information content (AvgIpc) is 2.83. The van der Waals surface area contributed by atoms with Gasteiger partial charge in [-0.1, -0.05) is 11.6 Å². The molecule has 2 aromatic rings. The van der Waals surface area contributed by atoms with E-state index in [9.17, 15) is 9.59 Å². The summed E-state index contributed by atoms with van der Waals surface area (Å²) in [7, 11) is 0. The number of nitrogens with one attached hydrogen (secondary N) is 1. The summed E-state index contributed by atoms with van der Waals surface area (Å²) in [6.45, 7) is 0. The number of carbonyl (C=O) groups is 2. The molecule has 0 bridgehead atoms. The van der Waals surface area contributed by atoms with E-state index in [1.807, 2.05) is 0 Å². The fourth-order valence-electron chi connectivity index (χ4n) is 1.35. The van der Waals surface area contributed by atoms with Gasteiger partial charge in [0.25, 0.3) is 5.91 Å². The number of benzene rings is 1. The molecule has 0 aliphatic carbocycles. The lowest BCUT2D eigenvalue weighted by atomic mass is 10.3. The number of hydrogen-bond donors (Lipinski definition) is 2. The Morgan fingerprint density at radius 2 is 1.89 bits per heavy atom. The zero-order chi connectivity index (χ0) is 14.0. The second-order valence-corrected chi connectivity index (χ2v) is 4.84. The molecule has 2 rings (SSSR count). The smallest absolute Gasteiger partial charge is 0.371 e. The Morgan fingerprint density at radius 1 is 1.21 bits per heavy atom. The zero-order valence-electron chi connectivity index (χ0n) is 9.31. The fourth-order valence-corrected chi connectivity index (χ4v) is 1.87. The van der Waals surface area contributed by atoms with Crippen molar-refractivity contribution >= 4 is 45.1 Å². The highest BCUT2D eigenvalue weighted by molar-refractivity contribution is 9.10. The van der Waals surface area contributed by atoms with Crippen LogP contribution in [0.25, 0.3) is 0 Å². The Hall–Kier alpha value is -1.79. The van der Waals surface area contributed by atoms with Crippen molar-refractivity contribution in [2.45, 2.75) is 0 Å². The predicted molar refractivity (Wildman–Crippen MR) is 72.8 cm³/mol. The quantitative estimate of drug-likeness (QED) is 0.891. The van der Waals surface area contributed by atoms with Crippen LogP contribution in [0.5, 0.6) is 0 Å². The third-order valence-electron chi connectivity index (χ3n) is 2.22.